The van der Waals surface area contributed by atoms with Gasteiger partial charge >= 0.3 is 5.97 Å². The van der Waals surface area contributed by atoms with Gasteiger partial charge in [-0.1, -0.05) is 98.2 Å². The summed E-state index contributed by atoms with van der Waals surface area (Å²) in [4.78, 5) is 66.8. The molecule has 0 saturated carbocycles. The Labute approximate surface area is 283 Å². The molecule has 0 fully saturated rings. The number of hydrogen-bond acceptors (Lipinski definition) is 7. The molecule has 0 aromatic heterocycles. The van der Waals surface area contributed by atoms with E-state index >= 15 is 0 Å². The van der Waals surface area contributed by atoms with Gasteiger partial charge in [-0.05, 0) is 56.1 Å². The number of ether oxygens (including phenoxy) is 1. The molecule has 3 amide bonds. The Hall–Kier alpha value is -3.82. The molecule has 0 heterocycles. The van der Waals surface area contributed by atoms with Crippen molar-refractivity contribution in [1.82, 2.24) is 16.0 Å². The maximum Gasteiger partial charge on any atom is 0.305 e. The van der Waals surface area contributed by atoms with Crippen molar-refractivity contribution in [2.45, 2.75) is 126 Å². The van der Waals surface area contributed by atoms with Crippen molar-refractivity contribution in [3.05, 3.63) is 47.5 Å². The summed E-state index contributed by atoms with van der Waals surface area (Å²) in [5.41, 5.74) is 2.52. The lowest BCUT2D eigenvalue weighted by atomic mass is 9.90. The van der Waals surface area contributed by atoms with Gasteiger partial charge in [-0.2, -0.15) is 0 Å². The van der Waals surface area contributed by atoms with E-state index in [2.05, 4.69) is 41.9 Å². The minimum Gasteiger partial charge on any atom is -0.466 e. The van der Waals surface area contributed by atoms with E-state index in [-0.39, 0.29) is 42.2 Å². The van der Waals surface area contributed by atoms with Gasteiger partial charge in [0.15, 0.2) is 0 Å². The first-order valence-electron chi connectivity index (χ1n) is 16.8. The van der Waals surface area contributed by atoms with Crippen molar-refractivity contribution in [1.29, 1.82) is 0 Å². The van der Waals surface area contributed by atoms with Crippen LogP contribution in [0.2, 0.25) is 0 Å². The van der Waals surface area contributed by atoms with Crippen molar-refractivity contribution in [2.24, 2.45) is 5.92 Å². The first-order chi connectivity index (χ1) is 22.4. The molecule has 0 radical (unpaired) electrons. The van der Waals surface area contributed by atoms with Crippen LogP contribution in [0.15, 0.2) is 36.4 Å². The number of hydrogen-bond donors (Lipinski definition) is 3. The van der Waals surface area contributed by atoms with E-state index in [1.807, 2.05) is 60.5 Å². The first kappa shape index (κ1) is 49.1. The molecule has 0 spiro atoms. The number of carbonyl (C=O) groups is 6. The summed E-state index contributed by atoms with van der Waals surface area (Å²) in [5, 5.41) is 8.00. The topological polar surface area (TPSA) is 148 Å². The summed E-state index contributed by atoms with van der Waals surface area (Å²) < 4.78 is 4.91. The summed E-state index contributed by atoms with van der Waals surface area (Å²) in [6.07, 6.45) is 9.48. The van der Waals surface area contributed by atoms with Gasteiger partial charge in [0.05, 0.1) is 13.2 Å². The third-order valence-corrected chi connectivity index (χ3v) is 6.02. The highest BCUT2D eigenvalue weighted by atomic mass is 16.5. The molecular weight excluding hydrogens is 586 g/mol. The minimum atomic E-state index is -0.735. The third-order valence-electron chi connectivity index (χ3n) is 6.02. The standard InChI is InChI=1S/C26H35N3O6.C3H8.3C2H6.CH2O.3H2/c1-2-35-24(33)15-14-22(9-5-6-16-30)29-23(32)17-27-26(34)25(28-18-31)21-12-10-19-7-3-4-8-20(19)11-13-21;1-3-2;4*1-2;;;/h3-5,7-9,16,18,21-22,25H,2,6,10-15,17H2,1H3,(H,27,34)(H,28,31)(H,29,32);3H2,1-2H3;3*1-2H3;1H2;3*1H/b9-5+;;;;;;;;/t22-,25+;;;;;;;;/m1......../s1. The van der Waals surface area contributed by atoms with Gasteiger partial charge in [-0.15, -0.1) is 0 Å². The van der Waals surface area contributed by atoms with Crippen LogP contribution >= 0.6 is 0 Å². The Kier molecular flexibility index (Phi) is 39.9. The molecule has 10 heteroatoms. The van der Waals surface area contributed by atoms with Crippen molar-refractivity contribution in [3.63, 3.8) is 0 Å². The van der Waals surface area contributed by atoms with E-state index in [1.54, 1.807) is 19.1 Å². The fourth-order valence-electron chi connectivity index (χ4n) is 4.26. The lowest BCUT2D eigenvalue weighted by Crippen LogP contribution is -2.51. The molecule has 46 heavy (non-hydrogen) atoms. The Bertz CT molecular complexity index is 927. The molecule has 10 nitrogen and oxygen atoms in total. The molecule has 1 aromatic carbocycles. The molecule has 1 aliphatic rings. The van der Waals surface area contributed by atoms with Crippen LogP contribution < -0.4 is 16.0 Å². The van der Waals surface area contributed by atoms with Crippen LogP contribution in [0.5, 0.6) is 0 Å². The van der Waals surface area contributed by atoms with Crippen LogP contribution in [-0.2, 0) is 46.3 Å². The summed E-state index contributed by atoms with van der Waals surface area (Å²) in [6.45, 7) is 20.0. The van der Waals surface area contributed by atoms with Gasteiger partial charge < -0.3 is 30.3 Å². The second-order valence-electron chi connectivity index (χ2n) is 9.14. The Morgan fingerprint density at radius 3 is 1.93 bits per heavy atom. The lowest BCUT2D eigenvalue weighted by Gasteiger charge is -2.25. The molecule has 0 aliphatic heterocycles. The molecular formula is C36H69N3O7. The Balaban J connectivity index is -0.000000227. The van der Waals surface area contributed by atoms with Gasteiger partial charge in [-0.25, -0.2) is 0 Å². The van der Waals surface area contributed by atoms with E-state index in [9.17, 15) is 24.0 Å². The Morgan fingerprint density at radius 1 is 0.957 bits per heavy atom. The molecule has 0 bridgehead atoms. The predicted octanol–water partition coefficient (Wildman–Crippen LogP) is 6.43. The van der Waals surface area contributed by atoms with Gasteiger partial charge in [0.1, 0.15) is 19.1 Å². The number of carbonyl (C=O) groups excluding carboxylic acids is 6. The first-order valence-corrected chi connectivity index (χ1v) is 16.8. The molecule has 2 atom stereocenters. The lowest BCUT2D eigenvalue weighted by molar-refractivity contribution is -0.143. The zero-order chi connectivity index (χ0) is 36.2. The zero-order valence-corrected chi connectivity index (χ0v) is 30.0. The smallest absolute Gasteiger partial charge is 0.305 e. The van der Waals surface area contributed by atoms with E-state index < -0.39 is 23.9 Å². The van der Waals surface area contributed by atoms with E-state index in [0.29, 0.717) is 12.8 Å². The van der Waals surface area contributed by atoms with Crippen LogP contribution in [0, 0.1) is 5.92 Å². The number of allylic oxidation sites excluding steroid dienone is 1. The molecule has 2 rings (SSSR count). The molecule has 0 unspecified atom stereocenters. The normalized spacial score (nSPS) is 12.5. The second-order valence-corrected chi connectivity index (χ2v) is 9.14. The van der Waals surface area contributed by atoms with Crippen LogP contribution in [0.4, 0.5) is 0 Å². The molecule has 1 aromatic rings. The highest BCUT2D eigenvalue weighted by Gasteiger charge is 2.29. The summed E-state index contributed by atoms with van der Waals surface area (Å²) >= 11 is 0. The van der Waals surface area contributed by atoms with Crippen LogP contribution in [0.3, 0.4) is 0 Å². The summed E-state index contributed by atoms with van der Waals surface area (Å²) in [5.74, 6) is -1.29. The van der Waals surface area contributed by atoms with Crippen molar-refractivity contribution >= 4 is 37.3 Å². The summed E-state index contributed by atoms with van der Waals surface area (Å²) in [6, 6.07) is 6.95. The molecule has 270 valence electrons. The highest BCUT2D eigenvalue weighted by Crippen LogP contribution is 2.26. The largest absolute Gasteiger partial charge is 0.466 e. The maximum absolute atomic E-state index is 12.9. The molecule has 3 N–H and O–H groups in total. The number of amides is 3. The van der Waals surface area contributed by atoms with Crippen molar-refractivity contribution in [3.8, 4) is 0 Å². The monoisotopic (exact) mass is 656 g/mol. The molecule has 1 aliphatic carbocycles. The summed E-state index contributed by atoms with van der Waals surface area (Å²) in [7, 11) is 0. The van der Waals surface area contributed by atoms with Crippen LogP contribution in [0.1, 0.15) is 116 Å². The average Bonchev–Trinajstić information content (AvgIpc) is 3.32. The third kappa shape index (κ3) is 24.5. The van der Waals surface area contributed by atoms with E-state index in [4.69, 9.17) is 9.53 Å². The van der Waals surface area contributed by atoms with Gasteiger partial charge in [0.25, 0.3) is 0 Å². The number of esters is 1. The predicted molar refractivity (Wildman–Crippen MR) is 194 cm³/mol. The van der Waals surface area contributed by atoms with E-state index in [1.165, 1.54) is 17.5 Å². The minimum absolute atomic E-state index is 0. The van der Waals surface area contributed by atoms with Crippen molar-refractivity contribution < 1.29 is 37.8 Å². The van der Waals surface area contributed by atoms with Crippen molar-refractivity contribution in [2.75, 3.05) is 13.2 Å². The maximum atomic E-state index is 12.9. The number of fused-ring (bicyclic) bond motifs is 1. The highest BCUT2D eigenvalue weighted by molar-refractivity contribution is 5.88. The number of rotatable bonds is 14. The fourth-order valence-corrected chi connectivity index (χ4v) is 4.26. The van der Waals surface area contributed by atoms with Gasteiger partial charge in [-0.3, -0.25) is 19.2 Å². The zero-order valence-electron chi connectivity index (χ0n) is 30.0. The average molecular weight is 656 g/mol. The van der Waals surface area contributed by atoms with E-state index in [0.717, 1.165) is 32.0 Å². The number of nitrogens with one attached hydrogen (secondary N) is 3. The number of aldehydes is 1. The fraction of sp³-hybridized carbons (Fsp3) is 0.611. The molecule has 0 saturated heterocycles. The second kappa shape index (κ2) is 37.4. The van der Waals surface area contributed by atoms with Gasteiger partial charge in [0.2, 0.25) is 18.2 Å². The Morgan fingerprint density at radius 2 is 1.48 bits per heavy atom. The van der Waals surface area contributed by atoms with Gasteiger partial charge in [0, 0.05) is 23.2 Å². The quantitative estimate of drug-likeness (QED) is 0.0905. The number of aryl methyl sites for hydroxylation is 2. The SMILES string of the molecule is C=O.CC.CC.CC.CCC.CCOC(=O)CC[C@@H](/C=C/CC=O)NC(=O)CNC(=O)[C@@H](NC=O)C1CCc2ccccc2CC1.[HH].[HH].[HH]. The van der Waals surface area contributed by atoms with Crippen LogP contribution in [0.25, 0.3) is 0 Å². The number of benzene rings is 1. The van der Waals surface area contributed by atoms with Crippen LogP contribution in [-0.4, -0.2) is 62.5 Å².